The molecule has 6 heteroatoms. The lowest BCUT2D eigenvalue weighted by atomic mass is 10.2. The molecule has 2 aromatic carbocycles. The molecule has 0 saturated carbocycles. The van der Waals surface area contributed by atoms with E-state index in [2.05, 4.69) is 0 Å². The predicted octanol–water partition coefficient (Wildman–Crippen LogP) is 3.08. The maximum Gasteiger partial charge on any atom is 0.422 e. The van der Waals surface area contributed by atoms with Crippen LogP contribution in [-0.4, -0.2) is 11.2 Å². The number of hydrogen-bond donors (Lipinski definition) is 0. The second kappa shape index (κ2) is 6.71. The zero-order valence-electron chi connectivity index (χ0n) is 12.2. The molecule has 0 spiro atoms. The Labute approximate surface area is 136 Å². The summed E-state index contributed by atoms with van der Waals surface area (Å²) in [7, 11) is 0. The number of nitrogens with zero attached hydrogens (tertiary/aromatic N) is 1. The molecule has 0 aliphatic carbocycles. The minimum atomic E-state index is -0.713. The van der Waals surface area contributed by atoms with Gasteiger partial charge in [-0.2, -0.15) is 0 Å². The molecule has 3 aromatic rings. The first kappa shape index (κ1) is 15.4. The zero-order chi connectivity index (χ0) is 16.2. The highest BCUT2D eigenvalue weighted by Crippen LogP contribution is 2.20. The van der Waals surface area contributed by atoms with Gasteiger partial charge >= 0.3 is 11.4 Å². The van der Waals surface area contributed by atoms with Crippen LogP contribution in [0.4, 0.5) is 0 Å². The second-order valence-electron chi connectivity index (χ2n) is 4.96. The smallest absolute Gasteiger partial charge is 0.422 e. The Kier molecular flexibility index (Phi) is 4.48. The molecule has 1 aromatic heterocycles. The average molecular weight is 332 g/mol. The van der Waals surface area contributed by atoms with Crippen molar-refractivity contribution in [1.82, 2.24) is 4.57 Å². The van der Waals surface area contributed by atoms with Crippen LogP contribution in [0.1, 0.15) is 6.42 Å². The van der Waals surface area contributed by atoms with Gasteiger partial charge in [-0.05, 0) is 30.7 Å². The Morgan fingerprint density at radius 2 is 1.83 bits per heavy atom. The van der Waals surface area contributed by atoms with Crippen molar-refractivity contribution in [3.63, 3.8) is 0 Å². The lowest BCUT2D eigenvalue weighted by Gasteiger charge is -2.10. The molecular weight excluding hydrogens is 318 g/mol. The molecule has 0 fully saturated rings. The van der Waals surface area contributed by atoms with E-state index in [9.17, 15) is 9.59 Å². The van der Waals surface area contributed by atoms with Gasteiger partial charge in [0, 0.05) is 6.54 Å². The van der Waals surface area contributed by atoms with Crippen LogP contribution >= 0.6 is 11.6 Å². The summed E-state index contributed by atoms with van der Waals surface area (Å²) in [5.41, 5.74) is -0.278. The van der Waals surface area contributed by atoms with Gasteiger partial charge in [-0.15, -0.1) is 0 Å². The van der Waals surface area contributed by atoms with Gasteiger partial charge in [0.1, 0.15) is 5.75 Å². The van der Waals surface area contributed by atoms with Gasteiger partial charge < -0.3 is 9.15 Å². The number of para-hydroxylation sites is 2. The van der Waals surface area contributed by atoms with Crippen molar-refractivity contribution in [2.24, 2.45) is 0 Å². The highest BCUT2D eigenvalue weighted by Gasteiger charge is 2.12. The third-order valence-corrected chi connectivity index (χ3v) is 3.72. The molecule has 0 aliphatic heterocycles. The van der Waals surface area contributed by atoms with Crippen LogP contribution in [0, 0.1) is 0 Å². The summed E-state index contributed by atoms with van der Waals surface area (Å²) in [5.74, 6) is 0.0534. The fraction of sp³-hybridized carbons (Fsp3) is 0.176. The number of fused-ring (bicyclic) bond motifs is 1. The number of rotatable bonds is 5. The van der Waals surface area contributed by atoms with Gasteiger partial charge in [-0.3, -0.25) is 4.57 Å². The first-order valence-corrected chi connectivity index (χ1v) is 7.54. The molecule has 0 radical (unpaired) electrons. The van der Waals surface area contributed by atoms with E-state index < -0.39 is 11.4 Å². The maximum atomic E-state index is 12.0. The van der Waals surface area contributed by atoms with Crippen LogP contribution in [0.3, 0.4) is 0 Å². The van der Waals surface area contributed by atoms with Crippen LogP contribution in [0.5, 0.6) is 5.75 Å². The number of halogens is 1. The fourth-order valence-electron chi connectivity index (χ4n) is 2.37. The van der Waals surface area contributed by atoms with E-state index in [1.807, 2.05) is 30.3 Å². The van der Waals surface area contributed by atoms with E-state index >= 15 is 0 Å². The van der Waals surface area contributed by atoms with Crippen molar-refractivity contribution < 1.29 is 9.15 Å². The molecule has 0 bridgehead atoms. The van der Waals surface area contributed by atoms with Gasteiger partial charge in [0.2, 0.25) is 0 Å². The van der Waals surface area contributed by atoms with Gasteiger partial charge in [-0.25, -0.2) is 9.59 Å². The van der Waals surface area contributed by atoms with E-state index in [0.29, 0.717) is 35.5 Å². The molecule has 0 atom stereocenters. The molecule has 118 valence electrons. The molecule has 23 heavy (non-hydrogen) atoms. The number of benzene rings is 2. The number of aromatic nitrogens is 1. The number of aryl methyl sites for hydroxylation is 1. The van der Waals surface area contributed by atoms with Crippen LogP contribution < -0.4 is 16.1 Å². The monoisotopic (exact) mass is 331 g/mol. The molecule has 0 aliphatic rings. The van der Waals surface area contributed by atoms with E-state index in [4.69, 9.17) is 20.8 Å². The van der Waals surface area contributed by atoms with Crippen LogP contribution in [0.2, 0.25) is 5.02 Å². The first-order chi connectivity index (χ1) is 11.2. The first-order valence-electron chi connectivity index (χ1n) is 7.17. The number of hydrogen-bond acceptors (Lipinski definition) is 4. The standard InChI is InChI=1S/C17H14ClNO4/c18-14-9-4-8-13-15(14)19(17(21)23-16(13)20)10-5-11-22-12-6-2-1-3-7-12/h1-4,6-9H,5,10-11H2. The largest absolute Gasteiger partial charge is 0.494 e. The third kappa shape index (κ3) is 3.29. The average Bonchev–Trinajstić information content (AvgIpc) is 2.55. The Balaban J connectivity index is 1.80. The Hall–Kier alpha value is -2.53. The topological polar surface area (TPSA) is 61.4 Å². The summed E-state index contributed by atoms with van der Waals surface area (Å²) in [5, 5.41) is 0.637. The molecule has 1 heterocycles. The van der Waals surface area contributed by atoms with Gasteiger partial charge in [0.25, 0.3) is 0 Å². The SMILES string of the molecule is O=c1oc(=O)n(CCCOc2ccccc2)c2c(Cl)cccc12. The van der Waals surface area contributed by atoms with E-state index in [1.54, 1.807) is 18.2 Å². The summed E-state index contributed by atoms with van der Waals surface area (Å²) in [6, 6.07) is 14.3. The van der Waals surface area contributed by atoms with Crippen LogP contribution in [0.25, 0.3) is 10.9 Å². The molecule has 0 unspecified atom stereocenters. The summed E-state index contributed by atoms with van der Waals surface area (Å²) < 4.78 is 11.7. The Morgan fingerprint density at radius 3 is 2.61 bits per heavy atom. The molecule has 0 saturated heterocycles. The van der Waals surface area contributed by atoms with Crippen molar-refractivity contribution in [3.8, 4) is 5.75 Å². The summed E-state index contributed by atoms with van der Waals surface area (Å²) in [4.78, 5) is 23.7. The minimum Gasteiger partial charge on any atom is -0.494 e. The Bertz CT molecular complexity index is 931. The maximum absolute atomic E-state index is 12.0. The molecule has 0 N–H and O–H groups in total. The highest BCUT2D eigenvalue weighted by molar-refractivity contribution is 6.35. The van der Waals surface area contributed by atoms with Crippen LogP contribution in [0.15, 0.2) is 62.5 Å². The second-order valence-corrected chi connectivity index (χ2v) is 5.37. The van der Waals surface area contributed by atoms with Crippen molar-refractivity contribution in [2.75, 3.05) is 6.61 Å². The molecule has 5 nitrogen and oxygen atoms in total. The van der Waals surface area contributed by atoms with Crippen molar-refractivity contribution in [2.45, 2.75) is 13.0 Å². The Morgan fingerprint density at radius 1 is 1.04 bits per heavy atom. The minimum absolute atomic E-state index is 0.293. The quantitative estimate of drug-likeness (QED) is 0.674. The molecule has 3 rings (SSSR count). The summed E-state index contributed by atoms with van der Waals surface area (Å²) in [6.45, 7) is 0.775. The number of ether oxygens (including phenoxy) is 1. The van der Waals surface area contributed by atoms with E-state index in [-0.39, 0.29) is 0 Å². The fourth-order valence-corrected chi connectivity index (χ4v) is 2.64. The van der Waals surface area contributed by atoms with Crippen molar-refractivity contribution >= 4 is 22.5 Å². The summed E-state index contributed by atoms with van der Waals surface area (Å²) >= 11 is 6.14. The van der Waals surface area contributed by atoms with Crippen molar-refractivity contribution in [3.05, 3.63) is 74.5 Å². The third-order valence-electron chi connectivity index (χ3n) is 3.42. The lowest BCUT2D eigenvalue weighted by Crippen LogP contribution is -2.26. The zero-order valence-corrected chi connectivity index (χ0v) is 13.0. The van der Waals surface area contributed by atoms with Gasteiger partial charge in [0.05, 0.1) is 22.5 Å². The summed E-state index contributed by atoms with van der Waals surface area (Å²) in [6.07, 6.45) is 0.572. The predicted molar refractivity (Wildman–Crippen MR) is 88.3 cm³/mol. The van der Waals surface area contributed by atoms with Crippen molar-refractivity contribution in [1.29, 1.82) is 0 Å². The van der Waals surface area contributed by atoms with E-state index in [0.717, 1.165) is 5.75 Å². The molecule has 0 amide bonds. The normalized spacial score (nSPS) is 10.8. The van der Waals surface area contributed by atoms with Gasteiger partial charge in [0.15, 0.2) is 0 Å². The van der Waals surface area contributed by atoms with Crippen LogP contribution in [-0.2, 0) is 6.54 Å². The van der Waals surface area contributed by atoms with E-state index in [1.165, 1.54) is 4.57 Å². The highest BCUT2D eigenvalue weighted by atomic mass is 35.5. The molecular formula is C17H14ClNO4. The lowest BCUT2D eigenvalue weighted by molar-refractivity contribution is 0.296. The van der Waals surface area contributed by atoms with Gasteiger partial charge in [-0.1, -0.05) is 35.9 Å².